The fourth-order valence-electron chi connectivity index (χ4n) is 3.06. The van der Waals surface area contributed by atoms with Crippen molar-refractivity contribution in [2.45, 2.75) is 26.4 Å². The SMILES string of the molecule is CCOC(=O)C(CC)Oc1ccc(OC/C=C/c2ccc(-c3ccccc3)cc2)cc1. The van der Waals surface area contributed by atoms with E-state index >= 15 is 0 Å². The molecule has 0 amide bonds. The van der Waals surface area contributed by atoms with E-state index in [0.29, 0.717) is 25.4 Å². The molecule has 0 saturated heterocycles. The van der Waals surface area contributed by atoms with E-state index in [1.807, 2.05) is 49.4 Å². The Morgan fingerprint density at radius 3 is 2.13 bits per heavy atom. The summed E-state index contributed by atoms with van der Waals surface area (Å²) in [7, 11) is 0. The molecule has 3 rings (SSSR count). The fourth-order valence-corrected chi connectivity index (χ4v) is 3.06. The third kappa shape index (κ3) is 6.75. The minimum Gasteiger partial charge on any atom is -0.490 e. The lowest BCUT2D eigenvalue weighted by molar-refractivity contribution is -0.151. The van der Waals surface area contributed by atoms with Crippen molar-refractivity contribution in [3.05, 3.63) is 90.5 Å². The zero-order valence-corrected chi connectivity index (χ0v) is 18.0. The molecule has 4 nitrogen and oxygen atoms in total. The van der Waals surface area contributed by atoms with Crippen molar-refractivity contribution >= 4 is 12.0 Å². The highest BCUT2D eigenvalue weighted by Crippen LogP contribution is 2.21. The van der Waals surface area contributed by atoms with E-state index in [9.17, 15) is 4.79 Å². The van der Waals surface area contributed by atoms with Gasteiger partial charge >= 0.3 is 5.97 Å². The predicted octanol–water partition coefficient (Wildman–Crippen LogP) is 6.17. The van der Waals surface area contributed by atoms with Crippen molar-refractivity contribution in [2.24, 2.45) is 0 Å². The molecular weight excluding hydrogens is 388 g/mol. The highest BCUT2D eigenvalue weighted by atomic mass is 16.6. The highest BCUT2D eigenvalue weighted by Gasteiger charge is 2.19. The molecule has 0 aliphatic heterocycles. The number of hydrogen-bond acceptors (Lipinski definition) is 4. The minimum absolute atomic E-state index is 0.340. The topological polar surface area (TPSA) is 44.8 Å². The summed E-state index contributed by atoms with van der Waals surface area (Å²) in [5.74, 6) is 1.01. The first-order valence-corrected chi connectivity index (χ1v) is 10.6. The maximum Gasteiger partial charge on any atom is 0.347 e. The molecule has 0 spiro atoms. The van der Waals surface area contributed by atoms with Gasteiger partial charge in [-0.05, 0) is 60.4 Å². The lowest BCUT2D eigenvalue weighted by Gasteiger charge is -2.16. The third-order valence-corrected chi connectivity index (χ3v) is 4.70. The highest BCUT2D eigenvalue weighted by molar-refractivity contribution is 5.75. The average molecular weight is 417 g/mol. The molecule has 0 heterocycles. The predicted molar refractivity (Wildman–Crippen MR) is 124 cm³/mol. The molecule has 0 aromatic heterocycles. The molecule has 0 aliphatic rings. The minimum atomic E-state index is -0.595. The van der Waals surface area contributed by atoms with E-state index in [4.69, 9.17) is 14.2 Å². The average Bonchev–Trinajstić information content (AvgIpc) is 2.82. The van der Waals surface area contributed by atoms with Crippen LogP contribution in [0.4, 0.5) is 0 Å². The molecule has 0 saturated carbocycles. The van der Waals surface area contributed by atoms with Crippen LogP contribution in [0.5, 0.6) is 11.5 Å². The molecule has 0 N–H and O–H groups in total. The van der Waals surface area contributed by atoms with Gasteiger partial charge in [-0.3, -0.25) is 0 Å². The Morgan fingerprint density at radius 2 is 1.48 bits per heavy atom. The number of benzene rings is 3. The first kappa shape index (κ1) is 22.2. The van der Waals surface area contributed by atoms with Crippen LogP contribution in [-0.2, 0) is 9.53 Å². The van der Waals surface area contributed by atoms with Gasteiger partial charge in [0.05, 0.1) is 6.61 Å². The second-order valence-electron chi connectivity index (χ2n) is 6.94. The quantitative estimate of drug-likeness (QED) is 0.371. The Balaban J connectivity index is 1.48. The second-order valence-corrected chi connectivity index (χ2v) is 6.94. The Morgan fingerprint density at radius 1 is 0.839 bits per heavy atom. The van der Waals surface area contributed by atoms with Crippen molar-refractivity contribution in [3.63, 3.8) is 0 Å². The summed E-state index contributed by atoms with van der Waals surface area (Å²) in [6, 6.07) is 26.0. The number of rotatable bonds is 10. The molecule has 0 fully saturated rings. The van der Waals surface area contributed by atoms with Crippen LogP contribution < -0.4 is 9.47 Å². The maximum atomic E-state index is 11.8. The largest absolute Gasteiger partial charge is 0.490 e. The van der Waals surface area contributed by atoms with E-state index in [1.165, 1.54) is 11.1 Å². The van der Waals surface area contributed by atoms with Crippen LogP contribution in [0.25, 0.3) is 17.2 Å². The first-order valence-electron chi connectivity index (χ1n) is 10.6. The summed E-state index contributed by atoms with van der Waals surface area (Å²) in [6.45, 7) is 4.47. The van der Waals surface area contributed by atoms with E-state index in [0.717, 1.165) is 11.3 Å². The van der Waals surface area contributed by atoms with Gasteiger partial charge in [0, 0.05) is 0 Å². The van der Waals surface area contributed by atoms with E-state index < -0.39 is 6.10 Å². The molecule has 160 valence electrons. The molecule has 31 heavy (non-hydrogen) atoms. The Hall–Kier alpha value is -3.53. The first-order chi connectivity index (χ1) is 15.2. The van der Waals surface area contributed by atoms with Crippen molar-refractivity contribution in [3.8, 4) is 22.6 Å². The van der Waals surface area contributed by atoms with E-state index in [2.05, 4.69) is 36.4 Å². The molecule has 1 atom stereocenters. The Bertz CT molecular complexity index is 960. The summed E-state index contributed by atoms with van der Waals surface area (Å²) < 4.78 is 16.5. The number of carbonyl (C=O) groups is 1. The van der Waals surface area contributed by atoms with E-state index in [1.54, 1.807) is 19.1 Å². The molecule has 1 unspecified atom stereocenters. The fraction of sp³-hybridized carbons (Fsp3) is 0.222. The van der Waals surface area contributed by atoms with Crippen molar-refractivity contribution < 1.29 is 19.0 Å². The number of carbonyl (C=O) groups excluding carboxylic acids is 1. The smallest absolute Gasteiger partial charge is 0.347 e. The summed E-state index contributed by atoms with van der Waals surface area (Å²) in [5, 5.41) is 0. The summed E-state index contributed by atoms with van der Waals surface area (Å²) in [5.41, 5.74) is 3.53. The number of esters is 1. The third-order valence-electron chi connectivity index (χ3n) is 4.70. The van der Waals surface area contributed by atoms with Crippen molar-refractivity contribution in [1.82, 2.24) is 0 Å². The van der Waals surface area contributed by atoms with Gasteiger partial charge in [-0.1, -0.05) is 67.6 Å². The molecule has 3 aromatic rings. The van der Waals surface area contributed by atoms with Crippen LogP contribution >= 0.6 is 0 Å². The summed E-state index contributed by atoms with van der Waals surface area (Å²) in [4.78, 5) is 11.8. The lowest BCUT2D eigenvalue weighted by Crippen LogP contribution is -2.28. The number of hydrogen-bond donors (Lipinski definition) is 0. The van der Waals surface area contributed by atoms with Crippen LogP contribution in [0.2, 0.25) is 0 Å². The van der Waals surface area contributed by atoms with Crippen molar-refractivity contribution in [1.29, 1.82) is 0 Å². The molecular formula is C27H28O4. The van der Waals surface area contributed by atoms with E-state index in [-0.39, 0.29) is 5.97 Å². The van der Waals surface area contributed by atoms with Gasteiger partial charge in [-0.25, -0.2) is 4.79 Å². The lowest BCUT2D eigenvalue weighted by atomic mass is 10.0. The van der Waals surface area contributed by atoms with Gasteiger partial charge < -0.3 is 14.2 Å². The molecule has 0 radical (unpaired) electrons. The molecule has 0 bridgehead atoms. The zero-order chi connectivity index (χ0) is 21.9. The summed E-state index contributed by atoms with van der Waals surface area (Å²) >= 11 is 0. The molecule has 3 aromatic carbocycles. The summed E-state index contributed by atoms with van der Waals surface area (Å²) in [6.07, 6.45) is 3.98. The normalized spacial score (nSPS) is 11.8. The van der Waals surface area contributed by atoms with Crippen LogP contribution in [0, 0.1) is 0 Å². The Labute approximate surface area is 184 Å². The number of ether oxygens (including phenoxy) is 3. The van der Waals surface area contributed by atoms with Gasteiger partial charge in [0.2, 0.25) is 0 Å². The van der Waals surface area contributed by atoms with Crippen LogP contribution in [0.1, 0.15) is 25.8 Å². The monoisotopic (exact) mass is 416 g/mol. The zero-order valence-electron chi connectivity index (χ0n) is 18.0. The van der Waals surface area contributed by atoms with Crippen molar-refractivity contribution in [2.75, 3.05) is 13.2 Å². The van der Waals surface area contributed by atoms with Gasteiger partial charge in [-0.2, -0.15) is 0 Å². The van der Waals surface area contributed by atoms with Gasteiger partial charge in [0.15, 0.2) is 6.10 Å². The van der Waals surface area contributed by atoms with Gasteiger partial charge in [0.25, 0.3) is 0 Å². The maximum absolute atomic E-state index is 11.8. The second kappa shape index (κ2) is 11.6. The van der Waals surface area contributed by atoms with Crippen LogP contribution in [-0.4, -0.2) is 25.3 Å². The van der Waals surface area contributed by atoms with Crippen LogP contribution in [0.15, 0.2) is 84.9 Å². The van der Waals surface area contributed by atoms with Gasteiger partial charge in [0.1, 0.15) is 18.1 Å². The Kier molecular flexibility index (Phi) is 8.29. The van der Waals surface area contributed by atoms with Gasteiger partial charge in [-0.15, -0.1) is 0 Å². The standard InChI is InChI=1S/C27H28O4/c1-3-26(27(28)29-4-2)31-25-18-16-24(17-19-25)30-20-8-9-21-12-14-23(15-13-21)22-10-6-5-7-11-22/h5-19,26H,3-4,20H2,1-2H3/b9-8+. The van der Waals surface area contributed by atoms with Crippen LogP contribution in [0.3, 0.4) is 0 Å². The molecule has 0 aliphatic carbocycles. The molecule has 4 heteroatoms.